The summed E-state index contributed by atoms with van der Waals surface area (Å²) >= 11 is 4.04. The van der Waals surface area contributed by atoms with Gasteiger partial charge in [0, 0.05) is 80.9 Å². The lowest BCUT2D eigenvalue weighted by Crippen LogP contribution is -2.67. The van der Waals surface area contributed by atoms with Crippen LogP contribution in [0.3, 0.4) is 0 Å². The highest BCUT2D eigenvalue weighted by molar-refractivity contribution is 14.1. The summed E-state index contributed by atoms with van der Waals surface area (Å²) in [5, 5.41) is 4.89. The van der Waals surface area contributed by atoms with E-state index in [0.29, 0.717) is 76.6 Å². The second-order valence-electron chi connectivity index (χ2n) is 45.0. The third-order valence-electron chi connectivity index (χ3n) is 26.6. The fourth-order valence-corrected chi connectivity index (χ4v) is 31.7. The van der Waals surface area contributed by atoms with Crippen molar-refractivity contribution in [1.29, 1.82) is 0 Å². The zero-order valence-corrected chi connectivity index (χ0v) is 97.7. The molecule has 2 fully saturated rings. The predicted molar refractivity (Wildman–Crippen MR) is 585 cm³/mol. The summed E-state index contributed by atoms with van der Waals surface area (Å²) in [6, 6.07) is 58.4. The molecule has 0 spiro atoms. The highest BCUT2D eigenvalue weighted by Gasteiger charge is 2.55. The minimum Gasteiger partial charge on any atom is -0.466 e. The smallest absolute Gasteiger partial charge is 0.342 e. The largest absolute Gasteiger partial charge is 0.466 e. The van der Waals surface area contributed by atoms with Crippen LogP contribution in [0.15, 0.2) is 199 Å². The van der Waals surface area contributed by atoms with Crippen molar-refractivity contribution in [3.63, 3.8) is 0 Å². The Labute approximate surface area is 851 Å². The maximum Gasteiger partial charge on any atom is 0.342 e. The molecule has 7 aromatic rings. The quantitative estimate of drug-likeness (QED) is 0.00664. The summed E-state index contributed by atoms with van der Waals surface area (Å²) in [6.45, 7) is 67.8. The van der Waals surface area contributed by atoms with Crippen LogP contribution in [0.5, 0.6) is 34.5 Å². The van der Waals surface area contributed by atoms with E-state index < -0.39 is 91.2 Å². The standard InChI is InChI=1S/C52H78O10Si3.C36H57IO4Si2.C22H28O6SSi/c1-37(38(2)61-65(51(6,7)8,39-24-19-17-20-25-39)40-26-21-18-22-27-40)30-31-43(62-64(15,16)50(3,4)5)48-42(59-52(9,10)60-48)29-23-28-41-46(49(53)55-32-33-63(12,13)14)44(56-35-54-11)34-45-47(41)58-36-57-45;1-27(23-24-32(41-42(11,12)34(3,4)5)33-31(25-26-37)38-36(9,10)39-33)28(2)40-43(35(6,7)8,29-19-15-13-16-20-29)30-21-17-14-18-22-30;1-24-14-26-18-12-19-21(28-15-27-19)17(13-29-16-8-6-5-7-9-16)20(18)22(23)25-10-11-30(2,3)4/h17-28,30-31,34,37-38,42-43,48H,29,32-33,35-36H2,1-16H3;13-24,27-28,31-33H,25-26H2,1-12H3;5-9,12H,10-11,13-15H2,1-4H3/b28-23+,31-30-;24-23-;/t37-,38-,42+,43?,48+;27-,28+,31+,32?,33+;/m11./s1. The van der Waals surface area contributed by atoms with Gasteiger partial charge < -0.3 is 84.0 Å². The number of ether oxygens (including phenoxy) is 14. The van der Waals surface area contributed by atoms with Gasteiger partial charge >= 0.3 is 11.9 Å². The second kappa shape index (κ2) is 49.4. The van der Waals surface area contributed by atoms with Crippen LogP contribution in [0, 0.1) is 11.8 Å². The van der Waals surface area contributed by atoms with Crippen LogP contribution in [0.25, 0.3) is 6.08 Å². The molecule has 20 nitrogen and oxygen atoms in total. The van der Waals surface area contributed by atoms with Crippen molar-refractivity contribution in [1.82, 2.24) is 0 Å². The van der Waals surface area contributed by atoms with Gasteiger partial charge in [-0.05, 0) is 158 Å². The molecule has 0 bridgehead atoms. The molecule has 4 aliphatic rings. The van der Waals surface area contributed by atoms with Gasteiger partial charge in [-0.2, -0.15) is 0 Å². The summed E-state index contributed by atoms with van der Waals surface area (Å²) < 4.78 is 113. The molecule has 760 valence electrons. The monoisotopic (exact) mass is 2130 g/mol. The minimum atomic E-state index is -2.80. The van der Waals surface area contributed by atoms with Crippen LogP contribution in [0.4, 0.5) is 0 Å². The van der Waals surface area contributed by atoms with Crippen molar-refractivity contribution >= 4 is 123 Å². The topological polar surface area (TPSA) is 200 Å². The van der Waals surface area contributed by atoms with Gasteiger partial charge in [-0.3, -0.25) is 0 Å². The summed E-state index contributed by atoms with van der Waals surface area (Å²) in [5.41, 5.74) is 1.85. The Balaban J connectivity index is 0.000000250. The Bertz CT molecular complexity index is 5000. The molecule has 0 amide bonds. The first-order valence-corrected chi connectivity index (χ1v) is 68.5. The lowest BCUT2D eigenvalue weighted by atomic mass is 9.99. The molecule has 7 aromatic carbocycles. The Morgan fingerprint density at radius 2 is 0.826 bits per heavy atom. The summed E-state index contributed by atoms with van der Waals surface area (Å²) in [5.74, 6) is 1.00. The van der Waals surface area contributed by atoms with E-state index in [9.17, 15) is 9.59 Å². The molecule has 2 saturated heterocycles. The number of hydrogen-bond donors (Lipinski definition) is 0. The van der Waals surface area contributed by atoms with Crippen molar-refractivity contribution in [2.75, 3.05) is 59.0 Å². The van der Waals surface area contributed by atoms with E-state index in [1.54, 1.807) is 23.9 Å². The number of methoxy groups -OCH3 is 2. The van der Waals surface area contributed by atoms with Crippen molar-refractivity contribution in [2.24, 2.45) is 11.8 Å². The fraction of sp³-hybridized carbons (Fsp3) is 0.545. The fourth-order valence-electron chi connectivity index (χ4n) is 16.7. The molecule has 28 heteroatoms. The Hall–Kier alpha value is -6.52. The van der Waals surface area contributed by atoms with Crippen LogP contribution in [-0.2, 0) is 61.4 Å². The van der Waals surface area contributed by atoms with Gasteiger partial charge in [-0.15, -0.1) is 11.8 Å². The molecule has 0 radical (unpaired) electrons. The van der Waals surface area contributed by atoms with Crippen molar-refractivity contribution in [3.8, 4) is 34.5 Å². The van der Waals surface area contributed by atoms with E-state index in [2.05, 4.69) is 344 Å². The Morgan fingerprint density at radius 3 is 1.20 bits per heavy atom. The molecule has 10 atom stereocenters. The number of alkyl halides is 1. The van der Waals surface area contributed by atoms with Crippen LogP contribution in [0.2, 0.25) is 97.7 Å². The first kappa shape index (κ1) is 115. The van der Waals surface area contributed by atoms with E-state index in [0.717, 1.165) is 27.8 Å². The van der Waals surface area contributed by atoms with E-state index in [1.807, 2.05) is 70.2 Å². The predicted octanol–water partition coefficient (Wildman–Crippen LogP) is 25.4. The molecule has 2 unspecified atom stereocenters. The van der Waals surface area contributed by atoms with E-state index >= 15 is 0 Å². The number of thioether (sulfide) groups is 1. The lowest BCUT2D eigenvalue weighted by molar-refractivity contribution is -0.152. The van der Waals surface area contributed by atoms with Gasteiger partial charge in [0.25, 0.3) is 16.6 Å². The SMILES string of the molecule is COCOc1cc2c(c(/C=C/C[C@@H]3OC(C)(C)O[C@@H]3C(/C=C\[C@@H](C)[C@@H](C)O[Si](c3ccccc3)(c3ccccc3)C(C)(C)C)O[Si](C)(C)C(C)(C)C)c1C(=O)OCC[Si](C)(C)C)OCO2.COCOc1cc2c(c(CSc3ccccc3)c1C(=O)OCC[Si](C)(C)C)OCO2.C[C@H](/C=C\C(O[Si](C)(C)C(C)(C)C)[C@H]1OC(C)(C)O[C@H]1CCI)[C@H](C)O[Si](c1ccccc1)(c1ccccc1)C(C)(C)C. The number of halogens is 1. The molecule has 11 rings (SSSR count). The van der Waals surface area contributed by atoms with Crippen molar-refractivity contribution in [2.45, 2.75) is 320 Å². The number of rotatable bonds is 42. The van der Waals surface area contributed by atoms with Crippen molar-refractivity contribution < 1.29 is 93.6 Å². The third-order valence-corrected chi connectivity index (χ3v) is 50.9. The zero-order chi connectivity index (χ0) is 102. The number of benzene rings is 7. The van der Waals surface area contributed by atoms with Gasteiger partial charge in [0.2, 0.25) is 13.6 Å². The summed E-state index contributed by atoms with van der Waals surface area (Å²) in [6.07, 6.45) is 12.5. The van der Waals surface area contributed by atoms with E-state index in [4.69, 9.17) is 84.0 Å². The van der Waals surface area contributed by atoms with Gasteiger partial charge in [0.05, 0.1) is 37.6 Å². The third kappa shape index (κ3) is 30.8. The maximum absolute atomic E-state index is 13.9. The van der Waals surface area contributed by atoms with Gasteiger partial charge in [0.1, 0.15) is 34.8 Å². The molecular weight excluding hydrogens is 1970 g/mol. The average Bonchev–Trinajstić information content (AvgIpc) is 1.12. The van der Waals surface area contributed by atoms with Crippen LogP contribution in [-0.4, -0.2) is 181 Å². The number of esters is 2. The average molecular weight is 2130 g/mol. The normalized spacial score (nSPS) is 18.8. The maximum atomic E-state index is 13.9. The first-order valence-electron chi connectivity index (χ1n) is 48.9. The van der Waals surface area contributed by atoms with Crippen LogP contribution >= 0.6 is 34.4 Å². The van der Waals surface area contributed by atoms with Gasteiger partial charge in [-0.1, -0.05) is 335 Å². The van der Waals surface area contributed by atoms with E-state index in [-0.39, 0.29) is 95.2 Å². The highest BCUT2D eigenvalue weighted by Crippen LogP contribution is 2.50. The van der Waals surface area contributed by atoms with E-state index in [1.165, 1.54) is 35.0 Å². The van der Waals surface area contributed by atoms with Crippen molar-refractivity contribution in [3.05, 3.63) is 216 Å². The molecule has 138 heavy (non-hydrogen) atoms. The molecule has 0 N–H and O–H groups in total. The second-order valence-corrected chi connectivity index (χ2v) is 76.4. The lowest BCUT2D eigenvalue weighted by Gasteiger charge is -2.45. The number of carbonyl (C=O) groups excluding carboxylic acids is 2. The van der Waals surface area contributed by atoms with Crippen LogP contribution in [0.1, 0.15) is 183 Å². The molecule has 4 heterocycles. The number of hydrogen-bond acceptors (Lipinski definition) is 21. The molecule has 0 saturated carbocycles. The summed E-state index contributed by atoms with van der Waals surface area (Å²) in [4.78, 5) is 28.1. The zero-order valence-electron chi connectivity index (χ0n) is 88.8. The molecule has 0 aliphatic carbocycles. The van der Waals surface area contributed by atoms with Crippen LogP contribution < -0.4 is 49.2 Å². The highest BCUT2D eigenvalue weighted by atomic mass is 127. The van der Waals surface area contributed by atoms with Gasteiger partial charge in [0.15, 0.2) is 64.8 Å². The van der Waals surface area contributed by atoms with Gasteiger partial charge in [-0.25, -0.2) is 9.59 Å². The molecular formula is C110H163IO20SSi6. The number of carbonyl (C=O) groups is 2. The summed E-state index contributed by atoms with van der Waals surface area (Å²) in [7, 11) is -9.65. The molecule has 0 aromatic heterocycles. The minimum absolute atomic E-state index is 0.00703. The Kier molecular flexibility index (Phi) is 41.2. The Morgan fingerprint density at radius 1 is 0.464 bits per heavy atom. The molecule has 4 aliphatic heterocycles. The number of fused-ring (bicyclic) bond motifs is 2. The first-order chi connectivity index (χ1) is 64.5.